The molecule has 2 aliphatic heterocycles. The van der Waals surface area contributed by atoms with Crippen LogP contribution in [0.15, 0.2) is 18.2 Å². The van der Waals surface area contributed by atoms with Gasteiger partial charge in [-0.05, 0) is 62.9 Å². The molecule has 0 aromatic heterocycles. The Morgan fingerprint density at radius 2 is 1.86 bits per heavy atom. The van der Waals surface area contributed by atoms with E-state index in [0.717, 1.165) is 24.7 Å². The minimum Gasteiger partial charge on any atom is -0.398 e. The summed E-state index contributed by atoms with van der Waals surface area (Å²) in [5.74, 6) is 0.837. The first-order valence-electron chi connectivity index (χ1n) is 8.03. The van der Waals surface area contributed by atoms with E-state index in [4.69, 9.17) is 11.0 Å². The lowest BCUT2D eigenvalue weighted by molar-refractivity contribution is 0.249. The second-order valence-corrected chi connectivity index (χ2v) is 6.32. The van der Waals surface area contributed by atoms with Crippen LogP contribution in [0.3, 0.4) is 0 Å². The lowest BCUT2D eigenvalue weighted by Crippen LogP contribution is -2.38. The summed E-state index contributed by atoms with van der Waals surface area (Å²) >= 11 is 0. The van der Waals surface area contributed by atoms with E-state index >= 15 is 0 Å². The smallest absolute Gasteiger partial charge is 0.101 e. The van der Waals surface area contributed by atoms with Gasteiger partial charge in [0.2, 0.25) is 0 Å². The summed E-state index contributed by atoms with van der Waals surface area (Å²) in [6.07, 6.45) is 5.26. The molecule has 2 aliphatic rings. The van der Waals surface area contributed by atoms with Gasteiger partial charge in [0.25, 0.3) is 0 Å². The summed E-state index contributed by atoms with van der Waals surface area (Å²) in [4.78, 5) is 5.01. The Morgan fingerprint density at radius 3 is 2.52 bits per heavy atom. The van der Waals surface area contributed by atoms with Gasteiger partial charge in [0.05, 0.1) is 5.56 Å². The second kappa shape index (κ2) is 6.36. The van der Waals surface area contributed by atoms with E-state index in [2.05, 4.69) is 15.9 Å². The second-order valence-electron chi connectivity index (χ2n) is 6.32. The minimum atomic E-state index is 0.574. The first kappa shape index (κ1) is 14.2. The van der Waals surface area contributed by atoms with Crippen LogP contribution in [-0.4, -0.2) is 37.6 Å². The third kappa shape index (κ3) is 3.30. The van der Waals surface area contributed by atoms with E-state index in [1.807, 2.05) is 18.2 Å². The third-order valence-corrected chi connectivity index (χ3v) is 4.85. The monoisotopic (exact) mass is 284 g/mol. The molecule has 0 atom stereocenters. The first-order chi connectivity index (χ1) is 10.3. The number of benzene rings is 1. The van der Waals surface area contributed by atoms with Gasteiger partial charge in [-0.15, -0.1) is 0 Å². The predicted molar refractivity (Wildman–Crippen MR) is 86.2 cm³/mol. The molecule has 0 spiro atoms. The van der Waals surface area contributed by atoms with Gasteiger partial charge in [0, 0.05) is 31.0 Å². The lowest BCUT2D eigenvalue weighted by atomic mass is 9.95. The molecule has 1 aromatic carbocycles. The Morgan fingerprint density at radius 1 is 1.14 bits per heavy atom. The van der Waals surface area contributed by atoms with Gasteiger partial charge in [-0.1, -0.05) is 0 Å². The summed E-state index contributed by atoms with van der Waals surface area (Å²) in [7, 11) is 0. The number of piperidine rings is 1. The summed E-state index contributed by atoms with van der Waals surface area (Å²) in [5, 5.41) is 9.09. The molecule has 3 rings (SSSR count). The summed E-state index contributed by atoms with van der Waals surface area (Å²) in [5.41, 5.74) is 8.10. The molecule has 0 bridgehead atoms. The fraction of sp³-hybridized carbons (Fsp3) is 0.588. The van der Waals surface area contributed by atoms with Gasteiger partial charge in [-0.25, -0.2) is 0 Å². The summed E-state index contributed by atoms with van der Waals surface area (Å²) in [6.45, 7) is 6.05. The number of nitriles is 1. The van der Waals surface area contributed by atoms with Crippen molar-refractivity contribution in [2.24, 2.45) is 5.92 Å². The highest BCUT2D eigenvalue weighted by Gasteiger charge is 2.23. The Hall–Kier alpha value is -1.73. The zero-order valence-corrected chi connectivity index (χ0v) is 12.6. The molecule has 0 saturated carbocycles. The molecular formula is C17H24N4. The van der Waals surface area contributed by atoms with E-state index in [-0.39, 0.29) is 0 Å². The molecule has 112 valence electrons. The number of nitrogens with two attached hydrogens (primary N) is 1. The Bertz CT molecular complexity index is 520. The fourth-order valence-corrected chi connectivity index (χ4v) is 3.54. The van der Waals surface area contributed by atoms with Crippen molar-refractivity contribution >= 4 is 11.4 Å². The van der Waals surface area contributed by atoms with Gasteiger partial charge < -0.3 is 15.5 Å². The van der Waals surface area contributed by atoms with Crippen molar-refractivity contribution in [2.75, 3.05) is 43.4 Å². The number of nitrogen functional groups attached to an aromatic ring is 1. The number of rotatable bonds is 3. The van der Waals surface area contributed by atoms with Crippen LogP contribution in [-0.2, 0) is 0 Å². The van der Waals surface area contributed by atoms with Gasteiger partial charge in [-0.2, -0.15) is 5.26 Å². The van der Waals surface area contributed by atoms with E-state index < -0.39 is 0 Å². The maximum atomic E-state index is 9.09. The molecule has 0 unspecified atom stereocenters. The number of nitrogens with zero attached hydrogens (tertiary/aromatic N) is 3. The highest BCUT2D eigenvalue weighted by atomic mass is 15.2. The largest absolute Gasteiger partial charge is 0.398 e. The molecule has 2 saturated heterocycles. The highest BCUT2D eigenvalue weighted by Crippen LogP contribution is 2.27. The number of hydrogen-bond donors (Lipinski definition) is 1. The van der Waals surface area contributed by atoms with Crippen LogP contribution >= 0.6 is 0 Å². The normalized spacial score (nSPS) is 20.6. The lowest BCUT2D eigenvalue weighted by Gasteiger charge is -2.35. The maximum Gasteiger partial charge on any atom is 0.101 e. The van der Waals surface area contributed by atoms with Crippen molar-refractivity contribution in [3.8, 4) is 6.07 Å². The van der Waals surface area contributed by atoms with E-state index in [0.29, 0.717) is 11.3 Å². The summed E-state index contributed by atoms with van der Waals surface area (Å²) in [6, 6.07) is 7.99. The SMILES string of the molecule is N#Cc1cc(N2CCC(CN3CCCC3)CC2)ccc1N. The topological polar surface area (TPSA) is 56.3 Å². The molecule has 4 nitrogen and oxygen atoms in total. The molecule has 1 aromatic rings. The van der Waals surface area contributed by atoms with Crippen molar-refractivity contribution in [3.05, 3.63) is 23.8 Å². The van der Waals surface area contributed by atoms with Crippen molar-refractivity contribution in [1.82, 2.24) is 4.90 Å². The van der Waals surface area contributed by atoms with Crippen LogP contribution < -0.4 is 10.6 Å². The fourth-order valence-electron chi connectivity index (χ4n) is 3.54. The number of anilines is 2. The van der Waals surface area contributed by atoms with Gasteiger partial charge in [-0.3, -0.25) is 0 Å². The van der Waals surface area contributed by atoms with Crippen LogP contribution in [0.4, 0.5) is 11.4 Å². The van der Waals surface area contributed by atoms with Crippen molar-refractivity contribution in [3.63, 3.8) is 0 Å². The Kier molecular flexibility index (Phi) is 4.31. The van der Waals surface area contributed by atoms with Gasteiger partial charge in [0.1, 0.15) is 6.07 Å². The Labute approximate surface area is 127 Å². The average molecular weight is 284 g/mol. The molecule has 21 heavy (non-hydrogen) atoms. The first-order valence-corrected chi connectivity index (χ1v) is 8.03. The predicted octanol–water partition coefficient (Wildman–Crippen LogP) is 2.45. The van der Waals surface area contributed by atoms with Crippen LogP contribution in [0.25, 0.3) is 0 Å². The molecule has 0 radical (unpaired) electrons. The quantitative estimate of drug-likeness (QED) is 0.866. The van der Waals surface area contributed by atoms with Crippen molar-refractivity contribution in [2.45, 2.75) is 25.7 Å². The molecular weight excluding hydrogens is 260 g/mol. The van der Waals surface area contributed by atoms with Crippen LogP contribution in [0.5, 0.6) is 0 Å². The summed E-state index contributed by atoms with van der Waals surface area (Å²) < 4.78 is 0. The molecule has 2 fully saturated rings. The number of hydrogen-bond acceptors (Lipinski definition) is 4. The van der Waals surface area contributed by atoms with Crippen LogP contribution in [0, 0.1) is 17.2 Å². The van der Waals surface area contributed by atoms with E-state index in [1.54, 1.807) is 0 Å². The maximum absolute atomic E-state index is 9.09. The average Bonchev–Trinajstić information content (AvgIpc) is 3.02. The zero-order chi connectivity index (χ0) is 14.7. The standard InChI is InChI=1S/C17H24N4/c18-12-15-11-16(3-4-17(15)19)21-9-5-14(6-10-21)13-20-7-1-2-8-20/h3-4,11,14H,1-2,5-10,13,19H2. The van der Waals surface area contributed by atoms with Crippen molar-refractivity contribution < 1.29 is 0 Å². The third-order valence-electron chi connectivity index (χ3n) is 4.85. The molecule has 4 heteroatoms. The van der Waals surface area contributed by atoms with Gasteiger partial charge >= 0.3 is 0 Å². The Balaban J connectivity index is 1.56. The minimum absolute atomic E-state index is 0.574. The van der Waals surface area contributed by atoms with E-state index in [1.165, 1.54) is 45.3 Å². The number of likely N-dealkylation sites (tertiary alicyclic amines) is 1. The molecule has 0 aliphatic carbocycles. The van der Waals surface area contributed by atoms with Crippen molar-refractivity contribution in [1.29, 1.82) is 5.26 Å². The molecule has 2 heterocycles. The van der Waals surface area contributed by atoms with Crippen LogP contribution in [0.2, 0.25) is 0 Å². The zero-order valence-electron chi connectivity index (χ0n) is 12.6. The molecule has 2 N–H and O–H groups in total. The molecule has 0 amide bonds. The highest BCUT2D eigenvalue weighted by molar-refractivity contribution is 5.62. The van der Waals surface area contributed by atoms with Crippen LogP contribution in [0.1, 0.15) is 31.2 Å². The van der Waals surface area contributed by atoms with Gasteiger partial charge in [0.15, 0.2) is 0 Å². The van der Waals surface area contributed by atoms with E-state index in [9.17, 15) is 0 Å².